The fourth-order valence-electron chi connectivity index (χ4n) is 8.59. The smallest absolute Gasteiger partial charge is 0.509 e. The number of hydrogen-bond acceptors (Lipinski definition) is 5. The predicted octanol–water partition coefficient (Wildman–Crippen LogP) is 10.5. The summed E-state index contributed by atoms with van der Waals surface area (Å²) in [6.07, 6.45) is 6.58. The summed E-state index contributed by atoms with van der Waals surface area (Å²) in [7, 11) is 0. The minimum atomic E-state index is 0. The topological polar surface area (TPSA) is 51.4 Å². The molecule has 7 aromatic rings. The summed E-state index contributed by atoms with van der Waals surface area (Å²) in [6.45, 7) is 17.6. The van der Waals surface area contributed by atoms with Crippen LogP contribution in [-0.4, -0.2) is 45.5 Å². The van der Waals surface area contributed by atoms with E-state index >= 15 is 0 Å². The first-order valence-electron chi connectivity index (χ1n) is 19.1. The molecule has 0 saturated carbocycles. The molecule has 0 unspecified atom stereocenters. The zero-order chi connectivity index (χ0) is 36.4. The van der Waals surface area contributed by atoms with E-state index in [1.165, 1.54) is 64.6 Å². The molecule has 2 aliphatic heterocycles. The maximum atomic E-state index is 6.62. The number of rotatable bonds is 7. The maximum Gasteiger partial charge on any atom is 2.00 e. The Morgan fingerprint density at radius 3 is 2.02 bits per heavy atom. The molecule has 5 heterocycles. The summed E-state index contributed by atoms with van der Waals surface area (Å²) >= 11 is 0. The van der Waals surface area contributed by atoms with Gasteiger partial charge in [-0.1, -0.05) is 23.7 Å². The maximum absolute atomic E-state index is 6.62. The van der Waals surface area contributed by atoms with Gasteiger partial charge in [0.1, 0.15) is 11.6 Å². The van der Waals surface area contributed by atoms with Crippen molar-refractivity contribution in [3.8, 4) is 34.1 Å². The number of pyridine rings is 1. The van der Waals surface area contributed by atoms with Gasteiger partial charge in [-0.25, -0.2) is 9.67 Å². The Morgan fingerprint density at radius 2 is 1.30 bits per heavy atom. The molecule has 0 spiro atoms. The zero-order valence-electron chi connectivity index (χ0n) is 32.0. The van der Waals surface area contributed by atoms with E-state index in [1.807, 2.05) is 24.4 Å². The Labute approximate surface area is 332 Å². The van der Waals surface area contributed by atoms with Gasteiger partial charge in [0.15, 0.2) is 5.82 Å². The van der Waals surface area contributed by atoms with Gasteiger partial charge in [-0.2, -0.15) is 12.1 Å². The van der Waals surface area contributed by atoms with E-state index in [9.17, 15) is 0 Å². The first-order chi connectivity index (χ1) is 25.8. The Balaban J connectivity index is 0.00000413. The normalized spacial score (nSPS) is 14.4. The van der Waals surface area contributed by atoms with E-state index < -0.39 is 0 Å². The number of hydrogen-bond donors (Lipinski definition) is 0. The van der Waals surface area contributed by atoms with Crippen molar-refractivity contribution in [1.82, 2.24) is 19.3 Å². The van der Waals surface area contributed by atoms with Crippen LogP contribution in [0.3, 0.4) is 0 Å². The van der Waals surface area contributed by atoms with Gasteiger partial charge < -0.3 is 19.1 Å². The van der Waals surface area contributed by atoms with Gasteiger partial charge in [-0.15, -0.1) is 40.8 Å². The van der Waals surface area contributed by atoms with Crippen LogP contribution >= 0.6 is 0 Å². The van der Waals surface area contributed by atoms with Crippen LogP contribution in [0, 0.1) is 53.7 Å². The SMILES string of the molecule is Cc1ccnc(-n2c3[c-]c(Oc4[c-]c(-n5nc(N6CCCC6)c(-c6c(C)c(C)c(C)c(C)c6C)c5N5CCCC5)ccc4)ccc3c3ccccc32)c1.[Pd+2]. The second-order valence-corrected chi connectivity index (χ2v) is 15.0. The second kappa shape index (κ2) is 14.4. The van der Waals surface area contributed by atoms with E-state index in [-0.39, 0.29) is 20.4 Å². The Morgan fingerprint density at radius 1 is 0.630 bits per heavy atom. The molecular formula is C46H46N6OPd. The first kappa shape index (κ1) is 36.1. The monoisotopic (exact) mass is 804 g/mol. The Hall–Kier alpha value is -4.90. The van der Waals surface area contributed by atoms with Gasteiger partial charge in [0, 0.05) is 49.4 Å². The average Bonchev–Trinajstić information content (AvgIpc) is 4.00. The molecule has 0 radical (unpaired) electrons. The van der Waals surface area contributed by atoms with Crippen molar-refractivity contribution < 1.29 is 25.2 Å². The predicted molar refractivity (Wildman–Crippen MR) is 217 cm³/mol. The number of aromatic nitrogens is 4. The van der Waals surface area contributed by atoms with Gasteiger partial charge in [-0.05, 0) is 135 Å². The molecule has 0 aliphatic carbocycles. The Kier molecular flexibility index (Phi) is 9.62. The van der Waals surface area contributed by atoms with Gasteiger partial charge >= 0.3 is 20.4 Å². The molecule has 276 valence electrons. The van der Waals surface area contributed by atoms with Crippen molar-refractivity contribution in [2.45, 2.75) is 67.2 Å². The zero-order valence-corrected chi connectivity index (χ0v) is 33.5. The first-order valence-corrected chi connectivity index (χ1v) is 19.1. The summed E-state index contributed by atoms with van der Waals surface area (Å²) in [5.74, 6) is 4.35. The van der Waals surface area contributed by atoms with Gasteiger partial charge in [0.2, 0.25) is 0 Å². The summed E-state index contributed by atoms with van der Waals surface area (Å²) in [6, 6.07) is 30.1. The number of para-hydroxylation sites is 1. The third kappa shape index (κ3) is 6.01. The molecule has 0 bridgehead atoms. The standard InChI is InChI=1S/C46H46N6O.Pd/c1-29-20-21-47-42(26-29)51-40-17-8-7-16-38(40)39-19-18-37(28-41(39)51)53-36-15-13-14-35(27-36)52-46(50-24-11-12-25-50)44(45(48-52)49-22-9-10-23-49)43-33(5)31(3)30(2)32(4)34(43)6;/h7-8,13-21,26H,9-12,22-25H2,1-6H3;/q-2;+2. The van der Waals surface area contributed by atoms with Crippen LogP contribution in [0.1, 0.15) is 59.1 Å². The van der Waals surface area contributed by atoms with Crippen molar-refractivity contribution in [2.75, 3.05) is 36.0 Å². The minimum Gasteiger partial charge on any atom is -0.509 e. The molecule has 8 heteroatoms. The molecular weight excluding hydrogens is 759 g/mol. The van der Waals surface area contributed by atoms with Gasteiger partial charge in [-0.3, -0.25) is 0 Å². The average molecular weight is 805 g/mol. The van der Waals surface area contributed by atoms with Crippen molar-refractivity contribution in [3.63, 3.8) is 0 Å². The molecule has 4 aromatic carbocycles. The summed E-state index contributed by atoms with van der Waals surface area (Å²) in [5.41, 5.74) is 13.4. The fraction of sp³-hybridized carbons (Fsp3) is 0.304. The third-order valence-electron chi connectivity index (χ3n) is 11.8. The van der Waals surface area contributed by atoms with Crippen LogP contribution in [0.15, 0.2) is 72.9 Å². The molecule has 0 atom stereocenters. The number of nitrogens with zero attached hydrogens (tertiary/aromatic N) is 6. The van der Waals surface area contributed by atoms with Gasteiger partial charge in [0.25, 0.3) is 0 Å². The largest absolute Gasteiger partial charge is 2.00 e. The Bertz CT molecular complexity index is 2510. The summed E-state index contributed by atoms with van der Waals surface area (Å²) in [4.78, 5) is 9.79. The number of aryl methyl sites for hydroxylation is 1. The molecule has 9 rings (SSSR count). The minimum absolute atomic E-state index is 0. The quantitative estimate of drug-likeness (QED) is 0.119. The van der Waals surface area contributed by atoms with Crippen LogP contribution in [0.4, 0.5) is 11.6 Å². The van der Waals surface area contributed by atoms with Crippen molar-refractivity contribution in [3.05, 3.63) is 118 Å². The van der Waals surface area contributed by atoms with Crippen LogP contribution in [0.25, 0.3) is 44.4 Å². The van der Waals surface area contributed by atoms with Crippen molar-refractivity contribution in [2.24, 2.45) is 0 Å². The molecule has 0 N–H and O–H groups in total. The van der Waals surface area contributed by atoms with Crippen LogP contribution in [-0.2, 0) is 20.4 Å². The van der Waals surface area contributed by atoms with Crippen LogP contribution < -0.4 is 14.5 Å². The fourth-order valence-corrected chi connectivity index (χ4v) is 8.59. The van der Waals surface area contributed by atoms with E-state index in [1.54, 1.807) is 0 Å². The molecule has 2 saturated heterocycles. The second-order valence-electron chi connectivity index (χ2n) is 15.0. The summed E-state index contributed by atoms with van der Waals surface area (Å²) < 4.78 is 10.9. The molecule has 7 nitrogen and oxygen atoms in total. The van der Waals surface area contributed by atoms with Crippen molar-refractivity contribution >= 4 is 33.4 Å². The van der Waals surface area contributed by atoms with E-state index in [0.29, 0.717) is 11.5 Å². The molecule has 2 fully saturated rings. The van der Waals surface area contributed by atoms with E-state index in [0.717, 1.165) is 76.7 Å². The number of benzene rings is 4. The number of fused-ring (bicyclic) bond motifs is 3. The number of anilines is 2. The third-order valence-corrected chi connectivity index (χ3v) is 11.8. The van der Waals surface area contributed by atoms with Crippen LogP contribution in [0.5, 0.6) is 11.5 Å². The van der Waals surface area contributed by atoms with Crippen molar-refractivity contribution in [1.29, 1.82) is 0 Å². The number of ether oxygens (including phenoxy) is 1. The van der Waals surface area contributed by atoms with E-state index in [4.69, 9.17) is 14.8 Å². The molecule has 3 aromatic heterocycles. The van der Waals surface area contributed by atoms with Gasteiger partial charge in [0.05, 0.1) is 5.56 Å². The molecule has 0 amide bonds. The van der Waals surface area contributed by atoms with E-state index in [2.05, 4.69) is 121 Å². The molecule has 2 aliphatic rings. The molecule has 54 heavy (non-hydrogen) atoms. The van der Waals surface area contributed by atoms with Crippen LogP contribution in [0.2, 0.25) is 0 Å². The summed E-state index contributed by atoms with van der Waals surface area (Å²) in [5, 5.41) is 7.77.